The lowest BCUT2D eigenvalue weighted by Crippen LogP contribution is -2.26. The van der Waals surface area contributed by atoms with Crippen LogP contribution in [0.5, 0.6) is 5.75 Å². The van der Waals surface area contributed by atoms with Gasteiger partial charge in [-0.3, -0.25) is 4.79 Å². The van der Waals surface area contributed by atoms with E-state index >= 15 is 0 Å². The van der Waals surface area contributed by atoms with Crippen molar-refractivity contribution in [3.05, 3.63) is 41.0 Å². The van der Waals surface area contributed by atoms with Gasteiger partial charge in [0.2, 0.25) is 0 Å². The highest BCUT2D eigenvalue weighted by Gasteiger charge is 2.38. The van der Waals surface area contributed by atoms with Crippen molar-refractivity contribution >= 4 is 5.91 Å². The third-order valence-electron chi connectivity index (χ3n) is 3.50. The first-order valence-corrected chi connectivity index (χ1v) is 7.30. The molecule has 9 heteroatoms. The molecule has 2 heterocycles. The van der Waals surface area contributed by atoms with Gasteiger partial charge in [0.25, 0.3) is 5.91 Å². The van der Waals surface area contributed by atoms with Gasteiger partial charge in [0, 0.05) is 24.9 Å². The second-order valence-electron chi connectivity index (χ2n) is 5.47. The van der Waals surface area contributed by atoms with Crippen molar-refractivity contribution in [2.24, 2.45) is 0 Å². The van der Waals surface area contributed by atoms with E-state index in [1.807, 2.05) is 6.92 Å². The predicted molar refractivity (Wildman–Crippen MR) is 75.6 cm³/mol. The van der Waals surface area contributed by atoms with E-state index in [0.29, 0.717) is 5.56 Å². The maximum Gasteiger partial charge on any atom is 0.471 e. The number of nitrogens with one attached hydrogen (secondary N) is 1. The molecule has 0 radical (unpaired) electrons. The number of amides is 1. The fourth-order valence-corrected chi connectivity index (χ4v) is 2.42. The summed E-state index contributed by atoms with van der Waals surface area (Å²) < 4.78 is 46.7. The lowest BCUT2D eigenvalue weighted by molar-refractivity contribution is -0.159. The van der Waals surface area contributed by atoms with Gasteiger partial charge in [0.1, 0.15) is 11.9 Å². The summed E-state index contributed by atoms with van der Waals surface area (Å²) in [5.74, 6) is -1.06. The summed E-state index contributed by atoms with van der Waals surface area (Å²) >= 11 is 0. The Morgan fingerprint density at radius 3 is 2.92 bits per heavy atom. The molecule has 0 bridgehead atoms. The number of hydrogen-bond donors (Lipinski definition) is 1. The molecular formula is C15H14F3N3O3. The van der Waals surface area contributed by atoms with E-state index in [1.165, 1.54) is 0 Å². The number of alkyl halides is 3. The zero-order valence-electron chi connectivity index (χ0n) is 12.7. The molecule has 3 rings (SSSR count). The van der Waals surface area contributed by atoms with Crippen molar-refractivity contribution in [1.29, 1.82) is 0 Å². The van der Waals surface area contributed by atoms with E-state index in [0.717, 1.165) is 17.7 Å². The molecule has 1 atom stereocenters. The van der Waals surface area contributed by atoms with Gasteiger partial charge in [0.15, 0.2) is 5.82 Å². The van der Waals surface area contributed by atoms with Gasteiger partial charge < -0.3 is 14.6 Å². The van der Waals surface area contributed by atoms with Crippen molar-refractivity contribution in [3.63, 3.8) is 0 Å². The minimum atomic E-state index is -4.67. The van der Waals surface area contributed by atoms with Crippen molar-refractivity contribution in [2.75, 3.05) is 6.54 Å². The summed E-state index contributed by atoms with van der Waals surface area (Å²) in [6.07, 6.45) is -3.81. The van der Waals surface area contributed by atoms with Gasteiger partial charge in [-0.1, -0.05) is 5.16 Å². The third kappa shape index (κ3) is 3.50. The van der Waals surface area contributed by atoms with Crippen LogP contribution < -0.4 is 10.1 Å². The Balaban J connectivity index is 1.55. The number of nitrogens with zero attached hydrogens (tertiary/aromatic N) is 2. The van der Waals surface area contributed by atoms with Crippen molar-refractivity contribution in [1.82, 2.24) is 15.5 Å². The zero-order chi connectivity index (χ0) is 17.3. The molecule has 128 valence electrons. The van der Waals surface area contributed by atoms with Gasteiger partial charge in [-0.2, -0.15) is 18.2 Å². The lowest BCUT2D eigenvalue weighted by Gasteiger charge is -2.05. The Morgan fingerprint density at radius 1 is 1.42 bits per heavy atom. The molecule has 1 aliphatic heterocycles. The number of carbonyl (C=O) groups excluding carboxylic acids is 1. The van der Waals surface area contributed by atoms with E-state index in [2.05, 4.69) is 20.0 Å². The second kappa shape index (κ2) is 6.14. The lowest BCUT2D eigenvalue weighted by atomic mass is 10.1. The van der Waals surface area contributed by atoms with E-state index in [1.54, 1.807) is 18.2 Å². The maximum absolute atomic E-state index is 12.3. The van der Waals surface area contributed by atoms with Crippen LogP contribution in [-0.4, -0.2) is 28.7 Å². The van der Waals surface area contributed by atoms with E-state index in [-0.39, 0.29) is 30.8 Å². The molecule has 24 heavy (non-hydrogen) atoms. The molecule has 1 aromatic heterocycles. The van der Waals surface area contributed by atoms with E-state index in [9.17, 15) is 18.0 Å². The summed E-state index contributed by atoms with van der Waals surface area (Å²) in [4.78, 5) is 15.3. The Hall–Kier alpha value is -2.58. The first-order chi connectivity index (χ1) is 11.3. The summed E-state index contributed by atoms with van der Waals surface area (Å²) in [6.45, 7) is 2.04. The number of rotatable bonds is 4. The number of benzene rings is 1. The monoisotopic (exact) mass is 341 g/mol. The normalized spacial score (nSPS) is 16.6. The molecule has 0 aliphatic carbocycles. The Kier molecular flexibility index (Phi) is 4.16. The molecule has 1 aromatic carbocycles. The van der Waals surface area contributed by atoms with Crippen LogP contribution in [0.25, 0.3) is 0 Å². The Labute approximate surface area is 135 Å². The van der Waals surface area contributed by atoms with Crippen LogP contribution in [0, 0.1) is 0 Å². The van der Waals surface area contributed by atoms with Crippen molar-refractivity contribution in [3.8, 4) is 5.75 Å². The highest BCUT2D eigenvalue weighted by Crippen LogP contribution is 2.29. The quantitative estimate of drug-likeness (QED) is 0.924. The average Bonchev–Trinajstić information content (AvgIpc) is 3.11. The Bertz CT molecular complexity index is 758. The predicted octanol–water partition coefficient (Wildman–Crippen LogP) is 2.38. The minimum absolute atomic E-state index is 0.0381. The fraction of sp³-hybridized carbons (Fsp3) is 0.400. The van der Waals surface area contributed by atoms with Gasteiger partial charge in [0.05, 0.1) is 0 Å². The molecule has 1 aliphatic rings. The van der Waals surface area contributed by atoms with Crippen LogP contribution in [0.3, 0.4) is 0 Å². The maximum atomic E-state index is 12.3. The average molecular weight is 341 g/mol. The first kappa shape index (κ1) is 16.3. The Morgan fingerprint density at radius 2 is 2.21 bits per heavy atom. The molecule has 1 N–H and O–H groups in total. The molecule has 0 saturated carbocycles. The number of halogens is 3. The van der Waals surface area contributed by atoms with Gasteiger partial charge in [-0.05, 0) is 30.7 Å². The molecule has 1 amide bonds. The molecule has 0 fully saturated rings. The van der Waals surface area contributed by atoms with Gasteiger partial charge in [-0.15, -0.1) is 0 Å². The standard InChI is InChI=1S/C15H14F3N3O3/c1-8-6-10-7-9(2-3-11(10)23-8)13(22)19-5-4-12-20-14(24-21-12)15(16,17)18/h2-3,7-8H,4-6H2,1H3,(H,19,22)/t8-/m1/s1. The summed E-state index contributed by atoms with van der Waals surface area (Å²) in [7, 11) is 0. The fourth-order valence-electron chi connectivity index (χ4n) is 2.42. The van der Waals surface area contributed by atoms with Crippen LogP contribution in [0.4, 0.5) is 13.2 Å². The molecule has 6 nitrogen and oxygen atoms in total. The van der Waals surface area contributed by atoms with Crippen LogP contribution in [-0.2, 0) is 19.0 Å². The number of carbonyl (C=O) groups is 1. The summed E-state index contributed by atoms with van der Waals surface area (Å²) in [6, 6.07) is 5.13. The number of fused-ring (bicyclic) bond motifs is 1. The van der Waals surface area contributed by atoms with Crippen LogP contribution >= 0.6 is 0 Å². The SMILES string of the molecule is C[C@@H]1Cc2cc(C(=O)NCCc3noc(C(F)(F)F)n3)ccc2O1. The van der Waals surface area contributed by atoms with Crippen LogP contribution in [0.1, 0.15) is 34.6 Å². The second-order valence-corrected chi connectivity index (χ2v) is 5.47. The molecule has 2 aromatic rings. The largest absolute Gasteiger partial charge is 0.490 e. The molecule has 0 saturated heterocycles. The van der Waals surface area contributed by atoms with Crippen LogP contribution in [0.2, 0.25) is 0 Å². The summed E-state index contributed by atoms with van der Waals surface area (Å²) in [5.41, 5.74) is 1.43. The molecule has 0 spiro atoms. The summed E-state index contributed by atoms with van der Waals surface area (Å²) in [5, 5.41) is 5.85. The number of hydrogen-bond acceptors (Lipinski definition) is 5. The van der Waals surface area contributed by atoms with Crippen molar-refractivity contribution < 1.29 is 27.2 Å². The first-order valence-electron chi connectivity index (χ1n) is 7.30. The highest BCUT2D eigenvalue weighted by molar-refractivity contribution is 5.94. The minimum Gasteiger partial charge on any atom is -0.490 e. The van der Waals surface area contributed by atoms with Gasteiger partial charge >= 0.3 is 12.1 Å². The van der Waals surface area contributed by atoms with Crippen LogP contribution in [0.15, 0.2) is 22.7 Å². The highest BCUT2D eigenvalue weighted by atomic mass is 19.4. The number of ether oxygens (including phenoxy) is 1. The molecule has 0 unspecified atom stereocenters. The molecular weight excluding hydrogens is 327 g/mol. The van der Waals surface area contributed by atoms with E-state index < -0.39 is 12.1 Å². The van der Waals surface area contributed by atoms with Gasteiger partial charge in [-0.25, -0.2) is 0 Å². The van der Waals surface area contributed by atoms with Crippen molar-refractivity contribution in [2.45, 2.75) is 32.0 Å². The zero-order valence-corrected chi connectivity index (χ0v) is 12.7. The smallest absolute Gasteiger partial charge is 0.471 e. The third-order valence-corrected chi connectivity index (χ3v) is 3.50. The number of aromatic nitrogens is 2. The van der Waals surface area contributed by atoms with E-state index in [4.69, 9.17) is 4.74 Å². The topological polar surface area (TPSA) is 77.3 Å².